The maximum absolute atomic E-state index is 8.73. The Hall–Kier alpha value is -1.21. The number of aliphatic hydroxyl groups is 1. The highest BCUT2D eigenvalue weighted by Gasteiger charge is 2.12. The molecule has 2 aromatic carbocycles. The van der Waals surface area contributed by atoms with Gasteiger partial charge in [-0.3, -0.25) is 0 Å². The summed E-state index contributed by atoms with van der Waals surface area (Å²) in [7, 11) is 1.58. The Morgan fingerprint density at radius 2 is 1.63 bits per heavy atom. The molecule has 0 atom stereocenters. The Bertz CT molecular complexity index is 744. The van der Waals surface area contributed by atoms with Crippen molar-refractivity contribution in [3.05, 3.63) is 56.5 Å². The number of methoxy groups -OCH3 is 1. The summed E-state index contributed by atoms with van der Waals surface area (Å²) in [5, 5.41) is 16.8. The molecule has 0 amide bonds. The largest absolute Gasteiger partial charge is 0.493 e. The standard InChI is InChI=1S/C19H23Cl3N2O3/c1-26-18-8-14(11-24-5-4-23-6-7-25)17(22)10-19(18)27-12-13-2-3-15(20)9-16(13)21/h2-3,8-10,23-25H,4-7,11-12H2,1H3. The molecule has 0 aliphatic rings. The molecule has 0 fully saturated rings. The molecule has 5 nitrogen and oxygen atoms in total. The lowest BCUT2D eigenvalue weighted by molar-refractivity contribution is 0.284. The molecule has 0 unspecified atom stereocenters. The molecule has 2 aromatic rings. The lowest BCUT2D eigenvalue weighted by atomic mass is 10.2. The number of ether oxygens (including phenoxy) is 2. The average Bonchev–Trinajstić information content (AvgIpc) is 2.65. The zero-order chi connectivity index (χ0) is 19.6. The van der Waals surface area contributed by atoms with Gasteiger partial charge in [0.1, 0.15) is 6.61 Å². The van der Waals surface area contributed by atoms with Gasteiger partial charge in [-0.15, -0.1) is 0 Å². The van der Waals surface area contributed by atoms with Crippen LogP contribution in [0.25, 0.3) is 0 Å². The normalized spacial score (nSPS) is 10.9. The van der Waals surface area contributed by atoms with Gasteiger partial charge in [0.25, 0.3) is 0 Å². The monoisotopic (exact) mass is 432 g/mol. The maximum Gasteiger partial charge on any atom is 0.163 e. The SMILES string of the molecule is COc1cc(CNCCNCCO)c(Cl)cc1OCc1ccc(Cl)cc1Cl. The van der Waals surface area contributed by atoms with E-state index in [1.165, 1.54) is 0 Å². The number of halogens is 3. The van der Waals surface area contributed by atoms with Gasteiger partial charge < -0.3 is 25.2 Å². The van der Waals surface area contributed by atoms with Gasteiger partial charge in [-0.05, 0) is 23.8 Å². The third-order valence-corrected chi connectivity index (χ3v) is 4.75. The zero-order valence-corrected chi connectivity index (χ0v) is 17.3. The van der Waals surface area contributed by atoms with E-state index in [1.807, 2.05) is 12.1 Å². The molecule has 0 saturated carbocycles. The lowest BCUT2D eigenvalue weighted by Crippen LogP contribution is -2.28. The summed E-state index contributed by atoms with van der Waals surface area (Å²) in [4.78, 5) is 0. The summed E-state index contributed by atoms with van der Waals surface area (Å²) in [6.45, 7) is 3.10. The van der Waals surface area contributed by atoms with E-state index >= 15 is 0 Å². The van der Waals surface area contributed by atoms with Crippen LogP contribution in [0.15, 0.2) is 30.3 Å². The summed E-state index contributed by atoms with van der Waals surface area (Å²) >= 11 is 18.5. The van der Waals surface area contributed by atoms with E-state index in [1.54, 1.807) is 25.3 Å². The van der Waals surface area contributed by atoms with Crippen molar-refractivity contribution in [1.82, 2.24) is 10.6 Å². The zero-order valence-electron chi connectivity index (χ0n) is 15.0. The molecule has 0 aliphatic heterocycles. The van der Waals surface area contributed by atoms with Crippen molar-refractivity contribution in [2.24, 2.45) is 0 Å². The van der Waals surface area contributed by atoms with E-state index < -0.39 is 0 Å². The van der Waals surface area contributed by atoms with E-state index in [0.29, 0.717) is 39.7 Å². The van der Waals surface area contributed by atoms with Crippen LogP contribution in [0.4, 0.5) is 0 Å². The molecule has 27 heavy (non-hydrogen) atoms. The highest BCUT2D eigenvalue weighted by Crippen LogP contribution is 2.34. The molecule has 0 aromatic heterocycles. The van der Waals surface area contributed by atoms with Gasteiger partial charge in [-0.1, -0.05) is 40.9 Å². The number of rotatable bonds is 11. The summed E-state index contributed by atoms with van der Waals surface area (Å²) < 4.78 is 11.3. The summed E-state index contributed by atoms with van der Waals surface area (Å²) in [5.74, 6) is 1.14. The summed E-state index contributed by atoms with van der Waals surface area (Å²) in [6, 6.07) is 8.86. The second-order valence-electron chi connectivity index (χ2n) is 5.77. The molecular formula is C19H23Cl3N2O3. The first-order valence-electron chi connectivity index (χ1n) is 8.50. The highest BCUT2D eigenvalue weighted by atomic mass is 35.5. The topological polar surface area (TPSA) is 62.8 Å². The Labute approximate surface area is 174 Å². The molecule has 0 heterocycles. The van der Waals surface area contributed by atoms with Crippen molar-refractivity contribution in [2.45, 2.75) is 13.2 Å². The van der Waals surface area contributed by atoms with Gasteiger partial charge >= 0.3 is 0 Å². The third kappa shape index (κ3) is 7.03. The molecular weight excluding hydrogens is 411 g/mol. The maximum atomic E-state index is 8.73. The number of nitrogens with one attached hydrogen (secondary N) is 2. The molecule has 0 saturated heterocycles. The van der Waals surface area contributed by atoms with Crippen LogP contribution >= 0.6 is 34.8 Å². The lowest BCUT2D eigenvalue weighted by Gasteiger charge is -2.15. The van der Waals surface area contributed by atoms with Crippen LogP contribution in [0.2, 0.25) is 15.1 Å². The van der Waals surface area contributed by atoms with Crippen LogP contribution in [-0.4, -0.2) is 38.5 Å². The fourth-order valence-electron chi connectivity index (χ4n) is 2.38. The average molecular weight is 434 g/mol. The van der Waals surface area contributed by atoms with E-state index in [0.717, 1.165) is 24.2 Å². The minimum absolute atomic E-state index is 0.131. The van der Waals surface area contributed by atoms with Crippen LogP contribution in [0.1, 0.15) is 11.1 Å². The van der Waals surface area contributed by atoms with E-state index in [4.69, 9.17) is 49.4 Å². The Morgan fingerprint density at radius 1 is 0.889 bits per heavy atom. The minimum atomic E-state index is 0.131. The predicted octanol–water partition coefficient (Wildman–Crippen LogP) is 3.91. The van der Waals surface area contributed by atoms with Crippen molar-refractivity contribution >= 4 is 34.8 Å². The molecule has 0 aliphatic carbocycles. The van der Waals surface area contributed by atoms with E-state index in [-0.39, 0.29) is 13.2 Å². The van der Waals surface area contributed by atoms with Crippen LogP contribution < -0.4 is 20.1 Å². The molecule has 2 rings (SSSR count). The second-order valence-corrected chi connectivity index (χ2v) is 7.02. The van der Waals surface area contributed by atoms with Gasteiger partial charge in [0, 0.05) is 52.9 Å². The first-order valence-corrected chi connectivity index (χ1v) is 9.64. The molecule has 148 valence electrons. The summed E-state index contributed by atoms with van der Waals surface area (Å²) in [5.41, 5.74) is 1.73. The predicted molar refractivity (Wildman–Crippen MR) is 110 cm³/mol. The van der Waals surface area contributed by atoms with E-state index in [2.05, 4.69) is 10.6 Å². The van der Waals surface area contributed by atoms with Crippen LogP contribution in [0, 0.1) is 0 Å². The van der Waals surface area contributed by atoms with Crippen molar-refractivity contribution in [2.75, 3.05) is 33.4 Å². The fraction of sp³-hybridized carbons (Fsp3) is 0.368. The van der Waals surface area contributed by atoms with Crippen molar-refractivity contribution in [3.8, 4) is 11.5 Å². The van der Waals surface area contributed by atoms with E-state index in [9.17, 15) is 0 Å². The third-order valence-electron chi connectivity index (χ3n) is 3.81. The highest BCUT2D eigenvalue weighted by molar-refractivity contribution is 6.35. The van der Waals surface area contributed by atoms with Crippen LogP contribution in [-0.2, 0) is 13.2 Å². The van der Waals surface area contributed by atoms with Crippen molar-refractivity contribution < 1.29 is 14.6 Å². The Kier molecular flexibility index (Phi) is 9.48. The van der Waals surface area contributed by atoms with Crippen molar-refractivity contribution in [1.29, 1.82) is 0 Å². The quantitative estimate of drug-likeness (QED) is 0.469. The van der Waals surface area contributed by atoms with Gasteiger partial charge in [-0.2, -0.15) is 0 Å². The van der Waals surface area contributed by atoms with Gasteiger partial charge in [0.15, 0.2) is 11.5 Å². The number of hydrogen-bond acceptors (Lipinski definition) is 5. The Morgan fingerprint density at radius 3 is 2.33 bits per heavy atom. The van der Waals surface area contributed by atoms with Crippen LogP contribution in [0.3, 0.4) is 0 Å². The fourth-order valence-corrected chi connectivity index (χ4v) is 3.07. The number of aliphatic hydroxyl groups excluding tert-OH is 1. The van der Waals surface area contributed by atoms with Gasteiger partial charge in [0.05, 0.1) is 13.7 Å². The van der Waals surface area contributed by atoms with Crippen molar-refractivity contribution in [3.63, 3.8) is 0 Å². The van der Waals surface area contributed by atoms with Crippen LogP contribution in [0.5, 0.6) is 11.5 Å². The smallest absolute Gasteiger partial charge is 0.163 e. The molecule has 3 N–H and O–H groups in total. The molecule has 8 heteroatoms. The molecule has 0 bridgehead atoms. The Balaban J connectivity index is 1.98. The first-order chi connectivity index (χ1) is 13.0. The molecule has 0 spiro atoms. The summed E-state index contributed by atoms with van der Waals surface area (Å²) in [6.07, 6.45) is 0. The number of hydrogen-bond donors (Lipinski definition) is 3. The molecule has 0 radical (unpaired) electrons. The second kappa shape index (κ2) is 11.6. The first kappa shape index (κ1) is 22.1. The number of benzene rings is 2. The minimum Gasteiger partial charge on any atom is -0.493 e. The van der Waals surface area contributed by atoms with Gasteiger partial charge in [0.2, 0.25) is 0 Å². The van der Waals surface area contributed by atoms with Gasteiger partial charge in [-0.25, -0.2) is 0 Å².